The SMILES string of the molecule is CCCN(C(=O)c1cc(Br)ccc1Cl)C1CC1. The molecule has 4 heteroatoms. The third-order valence-electron chi connectivity index (χ3n) is 2.87. The van der Waals surface area contributed by atoms with Gasteiger partial charge in [0.05, 0.1) is 10.6 Å². The van der Waals surface area contributed by atoms with Crippen molar-refractivity contribution >= 4 is 33.4 Å². The van der Waals surface area contributed by atoms with Crippen LogP contribution < -0.4 is 0 Å². The van der Waals surface area contributed by atoms with Crippen molar-refractivity contribution in [3.05, 3.63) is 33.3 Å². The molecule has 1 fully saturated rings. The predicted molar refractivity (Wildman–Crippen MR) is 73.5 cm³/mol. The standard InChI is InChI=1S/C13H15BrClNO/c1-2-7-16(10-4-5-10)13(17)11-8-9(14)3-6-12(11)15/h3,6,8,10H,2,4-5,7H2,1H3. The molecule has 1 aromatic rings. The van der Waals surface area contributed by atoms with E-state index in [1.54, 1.807) is 12.1 Å². The summed E-state index contributed by atoms with van der Waals surface area (Å²) in [5.41, 5.74) is 0.599. The Kier molecular flexibility index (Phi) is 4.10. The molecule has 2 rings (SSSR count). The first-order chi connectivity index (χ1) is 8.13. The molecule has 0 atom stereocenters. The quantitative estimate of drug-likeness (QED) is 0.818. The predicted octanol–water partition coefficient (Wildman–Crippen LogP) is 4.12. The third kappa shape index (κ3) is 3.02. The van der Waals surface area contributed by atoms with E-state index in [0.717, 1.165) is 30.3 Å². The Morgan fingerprint density at radius 1 is 1.53 bits per heavy atom. The van der Waals surface area contributed by atoms with Crippen molar-refractivity contribution in [3.63, 3.8) is 0 Å². The summed E-state index contributed by atoms with van der Waals surface area (Å²) < 4.78 is 0.887. The number of amides is 1. The van der Waals surface area contributed by atoms with Crippen molar-refractivity contribution < 1.29 is 4.79 Å². The fourth-order valence-electron chi connectivity index (χ4n) is 1.89. The van der Waals surface area contributed by atoms with E-state index in [1.165, 1.54) is 0 Å². The molecule has 0 heterocycles. The van der Waals surface area contributed by atoms with E-state index in [2.05, 4.69) is 22.9 Å². The molecule has 0 N–H and O–H groups in total. The van der Waals surface area contributed by atoms with Gasteiger partial charge in [0.15, 0.2) is 0 Å². The molecular formula is C13H15BrClNO. The second-order valence-corrected chi connectivity index (χ2v) is 5.68. The number of nitrogens with zero attached hydrogens (tertiary/aromatic N) is 1. The molecule has 0 spiro atoms. The number of benzene rings is 1. The zero-order valence-electron chi connectivity index (χ0n) is 9.75. The molecule has 1 saturated carbocycles. The number of halogens is 2. The van der Waals surface area contributed by atoms with Crippen LogP contribution in [0.1, 0.15) is 36.5 Å². The topological polar surface area (TPSA) is 20.3 Å². The Labute approximate surface area is 115 Å². The summed E-state index contributed by atoms with van der Waals surface area (Å²) in [6.07, 6.45) is 3.22. The van der Waals surface area contributed by atoms with Crippen molar-refractivity contribution in [2.24, 2.45) is 0 Å². The van der Waals surface area contributed by atoms with Crippen LogP contribution in [0, 0.1) is 0 Å². The maximum Gasteiger partial charge on any atom is 0.255 e. The Morgan fingerprint density at radius 2 is 2.24 bits per heavy atom. The van der Waals surface area contributed by atoms with Crippen molar-refractivity contribution in [2.45, 2.75) is 32.2 Å². The van der Waals surface area contributed by atoms with E-state index < -0.39 is 0 Å². The average Bonchev–Trinajstić information content (AvgIpc) is 3.12. The number of hydrogen-bond donors (Lipinski definition) is 0. The fraction of sp³-hybridized carbons (Fsp3) is 0.462. The highest BCUT2D eigenvalue weighted by molar-refractivity contribution is 9.10. The van der Waals surface area contributed by atoms with Gasteiger partial charge in [-0.3, -0.25) is 4.79 Å². The van der Waals surface area contributed by atoms with Crippen LogP contribution in [0.25, 0.3) is 0 Å². The van der Waals surface area contributed by atoms with E-state index >= 15 is 0 Å². The second kappa shape index (κ2) is 5.40. The minimum absolute atomic E-state index is 0.0562. The Balaban J connectivity index is 2.24. The lowest BCUT2D eigenvalue weighted by molar-refractivity contribution is 0.0743. The maximum absolute atomic E-state index is 12.4. The van der Waals surface area contributed by atoms with Crippen molar-refractivity contribution in [1.82, 2.24) is 4.90 Å². The molecule has 2 nitrogen and oxygen atoms in total. The van der Waals surface area contributed by atoms with Gasteiger partial charge < -0.3 is 4.90 Å². The molecule has 0 unspecified atom stereocenters. The zero-order chi connectivity index (χ0) is 12.4. The fourth-order valence-corrected chi connectivity index (χ4v) is 2.45. The number of rotatable bonds is 4. The molecule has 0 bridgehead atoms. The van der Waals surface area contributed by atoms with Gasteiger partial charge in [-0.2, -0.15) is 0 Å². The highest BCUT2D eigenvalue weighted by Gasteiger charge is 2.33. The lowest BCUT2D eigenvalue weighted by atomic mass is 10.2. The molecule has 1 aliphatic carbocycles. The molecule has 17 heavy (non-hydrogen) atoms. The summed E-state index contributed by atoms with van der Waals surface area (Å²) >= 11 is 9.47. The molecule has 92 valence electrons. The summed E-state index contributed by atoms with van der Waals surface area (Å²) in [5, 5.41) is 0.528. The van der Waals surface area contributed by atoms with E-state index in [0.29, 0.717) is 16.6 Å². The van der Waals surface area contributed by atoms with Gasteiger partial charge in [-0.05, 0) is 37.5 Å². The van der Waals surface area contributed by atoms with Gasteiger partial charge >= 0.3 is 0 Å². The summed E-state index contributed by atoms with van der Waals surface area (Å²) in [6.45, 7) is 2.90. The smallest absolute Gasteiger partial charge is 0.255 e. The molecule has 1 amide bonds. The third-order valence-corrected chi connectivity index (χ3v) is 3.69. The molecule has 0 aliphatic heterocycles. The summed E-state index contributed by atoms with van der Waals surface area (Å²) in [5.74, 6) is 0.0562. The van der Waals surface area contributed by atoms with Gasteiger partial charge in [0.2, 0.25) is 0 Å². The van der Waals surface area contributed by atoms with Crippen LogP contribution in [-0.4, -0.2) is 23.4 Å². The second-order valence-electron chi connectivity index (χ2n) is 4.35. The Hall–Kier alpha value is -0.540. The van der Waals surface area contributed by atoms with E-state index in [-0.39, 0.29) is 5.91 Å². The van der Waals surface area contributed by atoms with Gasteiger partial charge in [0.25, 0.3) is 5.91 Å². The molecule has 1 aromatic carbocycles. The highest BCUT2D eigenvalue weighted by Crippen LogP contribution is 2.30. The van der Waals surface area contributed by atoms with Crippen LogP contribution in [0.4, 0.5) is 0 Å². The average molecular weight is 317 g/mol. The molecule has 0 saturated heterocycles. The number of carbonyl (C=O) groups is 1. The minimum atomic E-state index is 0.0562. The highest BCUT2D eigenvalue weighted by atomic mass is 79.9. The minimum Gasteiger partial charge on any atom is -0.336 e. The first kappa shape index (κ1) is 12.9. The number of carbonyl (C=O) groups excluding carboxylic acids is 1. The molecule has 1 aliphatic rings. The normalized spacial score (nSPS) is 14.8. The summed E-state index contributed by atoms with van der Waals surface area (Å²) in [7, 11) is 0. The first-order valence-corrected chi connectivity index (χ1v) is 7.06. The van der Waals surface area contributed by atoms with E-state index in [1.807, 2.05) is 11.0 Å². The van der Waals surface area contributed by atoms with Crippen LogP contribution in [0.15, 0.2) is 22.7 Å². The summed E-state index contributed by atoms with van der Waals surface area (Å²) in [6, 6.07) is 5.84. The number of hydrogen-bond acceptors (Lipinski definition) is 1. The lowest BCUT2D eigenvalue weighted by Crippen LogP contribution is -2.33. The van der Waals surface area contributed by atoms with Crippen molar-refractivity contribution in [2.75, 3.05) is 6.54 Å². The molecule has 0 aromatic heterocycles. The van der Waals surface area contributed by atoms with Gasteiger partial charge in [-0.1, -0.05) is 34.5 Å². The monoisotopic (exact) mass is 315 g/mol. The molecular weight excluding hydrogens is 302 g/mol. The Morgan fingerprint density at radius 3 is 2.82 bits per heavy atom. The lowest BCUT2D eigenvalue weighted by Gasteiger charge is -2.22. The van der Waals surface area contributed by atoms with Crippen LogP contribution >= 0.6 is 27.5 Å². The van der Waals surface area contributed by atoms with Gasteiger partial charge in [0.1, 0.15) is 0 Å². The maximum atomic E-state index is 12.4. The Bertz CT molecular complexity index is 431. The van der Waals surface area contributed by atoms with Crippen LogP contribution in [-0.2, 0) is 0 Å². The van der Waals surface area contributed by atoms with Crippen molar-refractivity contribution in [1.29, 1.82) is 0 Å². The summed E-state index contributed by atoms with van der Waals surface area (Å²) in [4.78, 5) is 14.4. The molecule has 0 radical (unpaired) electrons. The van der Waals surface area contributed by atoms with Gasteiger partial charge in [-0.15, -0.1) is 0 Å². The zero-order valence-corrected chi connectivity index (χ0v) is 12.1. The first-order valence-electron chi connectivity index (χ1n) is 5.89. The van der Waals surface area contributed by atoms with E-state index in [9.17, 15) is 4.79 Å². The van der Waals surface area contributed by atoms with Crippen LogP contribution in [0.2, 0.25) is 5.02 Å². The van der Waals surface area contributed by atoms with Crippen LogP contribution in [0.3, 0.4) is 0 Å². The van der Waals surface area contributed by atoms with Gasteiger partial charge in [-0.25, -0.2) is 0 Å². The largest absolute Gasteiger partial charge is 0.336 e. The van der Waals surface area contributed by atoms with Gasteiger partial charge in [0, 0.05) is 17.1 Å². The van der Waals surface area contributed by atoms with E-state index in [4.69, 9.17) is 11.6 Å². The van der Waals surface area contributed by atoms with Crippen LogP contribution in [0.5, 0.6) is 0 Å². The van der Waals surface area contributed by atoms with Crippen molar-refractivity contribution in [3.8, 4) is 0 Å².